The van der Waals surface area contributed by atoms with E-state index in [1.807, 2.05) is 25.1 Å². The van der Waals surface area contributed by atoms with Crippen LogP contribution in [0.4, 0.5) is 14.6 Å². The van der Waals surface area contributed by atoms with Gasteiger partial charge in [0.1, 0.15) is 34.4 Å². The SMILES string of the molecule is CCc1c(F)ccc2cc(O)cc(-c3ncc4c(N5CCCC5c5ccccc5)nc(C)nc4c3F)c12. The second-order valence-corrected chi connectivity index (χ2v) is 9.51. The molecule has 1 unspecified atom stereocenters. The maximum atomic E-state index is 16.3. The van der Waals surface area contributed by atoms with Crippen LogP contribution < -0.4 is 4.90 Å². The van der Waals surface area contributed by atoms with Crippen LogP contribution in [0.25, 0.3) is 32.9 Å². The number of pyridine rings is 1. The summed E-state index contributed by atoms with van der Waals surface area (Å²) in [5, 5.41) is 12.1. The van der Waals surface area contributed by atoms with Gasteiger partial charge in [0.15, 0.2) is 5.82 Å². The fraction of sp³-hybridized carbons (Fsp3) is 0.233. The molecule has 5 nitrogen and oxygen atoms in total. The molecule has 2 aromatic heterocycles. The number of rotatable bonds is 4. The van der Waals surface area contributed by atoms with Gasteiger partial charge >= 0.3 is 0 Å². The predicted molar refractivity (Wildman–Crippen MR) is 142 cm³/mol. The van der Waals surface area contributed by atoms with Gasteiger partial charge in [-0.3, -0.25) is 4.98 Å². The molecule has 0 saturated carbocycles. The maximum absolute atomic E-state index is 16.3. The van der Waals surface area contributed by atoms with Gasteiger partial charge in [0, 0.05) is 18.3 Å². The lowest BCUT2D eigenvalue weighted by molar-refractivity contribution is 0.476. The number of phenols is 1. The molecule has 0 spiro atoms. The van der Waals surface area contributed by atoms with Crippen LogP contribution in [0, 0.1) is 18.6 Å². The zero-order valence-corrected chi connectivity index (χ0v) is 20.7. The first-order chi connectivity index (χ1) is 18.0. The topological polar surface area (TPSA) is 62.1 Å². The molecule has 1 N–H and O–H groups in total. The molecular weight excluding hydrogens is 470 g/mol. The van der Waals surface area contributed by atoms with Crippen molar-refractivity contribution < 1.29 is 13.9 Å². The summed E-state index contributed by atoms with van der Waals surface area (Å²) in [6.45, 7) is 4.40. The van der Waals surface area contributed by atoms with Crippen LogP contribution in [0.5, 0.6) is 5.75 Å². The number of aryl methyl sites for hydroxylation is 2. The summed E-state index contributed by atoms with van der Waals surface area (Å²) in [6.07, 6.45) is 3.99. The number of phenolic OH excluding ortho intramolecular Hbond substituents is 1. The molecule has 1 atom stereocenters. The summed E-state index contributed by atoms with van der Waals surface area (Å²) >= 11 is 0. The maximum Gasteiger partial charge on any atom is 0.175 e. The molecule has 3 heterocycles. The molecule has 7 heteroatoms. The van der Waals surface area contributed by atoms with Gasteiger partial charge in [0.05, 0.1) is 11.4 Å². The number of halogens is 2. The molecule has 0 aliphatic carbocycles. The summed E-state index contributed by atoms with van der Waals surface area (Å²) in [7, 11) is 0. The third kappa shape index (κ3) is 3.86. The average Bonchev–Trinajstić information content (AvgIpc) is 3.39. The number of hydrogen-bond donors (Lipinski definition) is 1. The van der Waals surface area contributed by atoms with E-state index in [0.29, 0.717) is 45.3 Å². The molecule has 1 aliphatic rings. The predicted octanol–water partition coefficient (Wildman–Crippen LogP) is 7.04. The third-order valence-corrected chi connectivity index (χ3v) is 7.25. The Morgan fingerprint density at radius 2 is 1.86 bits per heavy atom. The van der Waals surface area contributed by atoms with Crippen LogP contribution >= 0.6 is 0 Å². The Bertz CT molecular complexity index is 1660. The van der Waals surface area contributed by atoms with Gasteiger partial charge in [-0.2, -0.15) is 0 Å². The Labute approximate surface area is 213 Å². The standard InChI is InChI=1S/C30H26F2N4O/c1-3-21-24(31)12-11-19-14-20(37)15-22(26(19)21)28-27(32)29-23(16-33-28)30(35-17(2)34-29)36-13-7-10-25(36)18-8-5-4-6-9-18/h4-6,8-9,11-12,14-16,25,37H,3,7,10,13H2,1-2H3. The summed E-state index contributed by atoms with van der Waals surface area (Å²) in [5.41, 5.74) is 2.17. The fourth-order valence-corrected chi connectivity index (χ4v) is 5.63. The Morgan fingerprint density at radius 3 is 2.65 bits per heavy atom. The molecule has 1 saturated heterocycles. The fourth-order valence-electron chi connectivity index (χ4n) is 5.63. The van der Waals surface area contributed by atoms with E-state index in [4.69, 9.17) is 4.98 Å². The second-order valence-electron chi connectivity index (χ2n) is 9.51. The van der Waals surface area contributed by atoms with Crippen molar-refractivity contribution in [2.75, 3.05) is 11.4 Å². The van der Waals surface area contributed by atoms with Gasteiger partial charge in [-0.05, 0) is 66.3 Å². The normalized spacial score (nSPS) is 15.7. The van der Waals surface area contributed by atoms with Crippen LogP contribution in [0.15, 0.2) is 60.8 Å². The quantitative estimate of drug-likeness (QED) is 0.289. The monoisotopic (exact) mass is 496 g/mol. The van der Waals surface area contributed by atoms with Crippen molar-refractivity contribution in [1.82, 2.24) is 15.0 Å². The first kappa shape index (κ1) is 23.3. The molecular formula is C30H26F2N4O. The van der Waals surface area contributed by atoms with Gasteiger partial charge in [-0.25, -0.2) is 18.7 Å². The Hall–Kier alpha value is -4.13. The van der Waals surface area contributed by atoms with Crippen molar-refractivity contribution in [3.05, 3.63) is 89.4 Å². The van der Waals surface area contributed by atoms with Gasteiger partial charge in [-0.15, -0.1) is 0 Å². The van der Waals surface area contributed by atoms with Crippen molar-refractivity contribution in [1.29, 1.82) is 0 Å². The van der Waals surface area contributed by atoms with Crippen molar-refractivity contribution in [2.45, 2.75) is 39.2 Å². The van der Waals surface area contributed by atoms with Crippen molar-refractivity contribution in [3.63, 3.8) is 0 Å². The number of aromatic hydroxyl groups is 1. The van der Waals surface area contributed by atoms with Crippen LogP contribution in [0.3, 0.4) is 0 Å². The molecule has 0 amide bonds. The Morgan fingerprint density at radius 1 is 1.05 bits per heavy atom. The average molecular weight is 497 g/mol. The second kappa shape index (κ2) is 9.07. The van der Waals surface area contributed by atoms with Crippen LogP contribution in [-0.2, 0) is 6.42 Å². The molecule has 3 aromatic carbocycles. The van der Waals surface area contributed by atoms with E-state index >= 15 is 4.39 Å². The van der Waals surface area contributed by atoms with Crippen molar-refractivity contribution in [2.24, 2.45) is 0 Å². The molecule has 37 heavy (non-hydrogen) atoms. The zero-order chi connectivity index (χ0) is 25.7. The number of aromatic nitrogens is 3. The smallest absolute Gasteiger partial charge is 0.175 e. The molecule has 1 fully saturated rings. The number of fused-ring (bicyclic) bond motifs is 2. The number of benzene rings is 3. The highest BCUT2D eigenvalue weighted by Gasteiger charge is 2.30. The van der Waals surface area contributed by atoms with Gasteiger partial charge in [0.2, 0.25) is 0 Å². The first-order valence-corrected chi connectivity index (χ1v) is 12.5. The zero-order valence-electron chi connectivity index (χ0n) is 20.7. The third-order valence-electron chi connectivity index (χ3n) is 7.25. The molecule has 0 radical (unpaired) electrons. The highest BCUT2D eigenvalue weighted by atomic mass is 19.1. The lowest BCUT2D eigenvalue weighted by atomic mass is 9.94. The van der Waals surface area contributed by atoms with Gasteiger partial charge in [-0.1, -0.05) is 43.3 Å². The Balaban J connectivity index is 1.57. The number of nitrogens with zero attached hydrogens (tertiary/aromatic N) is 4. The minimum atomic E-state index is -0.613. The molecule has 5 aromatic rings. The minimum Gasteiger partial charge on any atom is -0.508 e. The van der Waals surface area contributed by atoms with E-state index in [9.17, 15) is 9.50 Å². The summed E-state index contributed by atoms with van der Waals surface area (Å²) in [5.74, 6) is 0.0912. The number of hydrogen-bond acceptors (Lipinski definition) is 5. The lowest BCUT2D eigenvalue weighted by Crippen LogP contribution is -2.24. The van der Waals surface area contributed by atoms with Crippen LogP contribution in [0.1, 0.15) is 42.8 Å². The molecule has 6 rings (SSSR count). The molecule has 186 valence electrons. The summed E-state index contributed by atoms with van der Waals surface area (Å²) < 4.78 is 31.0. The molecule has 1 aliphatic heterocycles. The van der Waals surface area contributed by atoms with E-state index in [1.54, 1.807) is 25.3 Å². The Kier molecular flexibility index (Phi) is 5.71. The van der Waals surface area contributed by atoms with Gasteiger partial charge < -0.3 is 10.0 Å². The lowest BCUT2D eigenvalue weighted by Gasteiger charge is -2.27. The van der Waals surface area contributed by atoms with Crippen LogP contribution in [-0.4, -0.2) is 26.6 Å². The van der Waals surface area contributed by atoms with E-state index in [-0.39, 0.29) is 28.8 Å². The largest absolute Gasteiger partial charge is 0.508 e. The van der Waals surface area contributed by atoms with Gasteiger partial charge in [0.25, 0.3) is 0 Å². The van der Waals surface area contributed by atoms with E-state index in [0.717, 1.165) is 19.4 Å². The van der Waals surface area contributed by atoms with E-state index in [2.05, 4.69) is 27.0 Å². The summed E-state index contributed by atoms with van der Waals surface area (Å²) in [4.78, 5) is 15.9. The van der Waals surface area contributed by atoms with E-state index < -0.39 is 5.82 Å². The van der Waals surface area contributed by atoms with Crippen LogP contribution in [0.2, 0.25) is 0 Å². The van der Waals surface area contributed by atoms with E-state index in [1.165, 1.54) is 17.7 Å². The summed E-state index contributed by atoms with van der Waals surface area (Å²) in [6, 6.07) is 16.3. The highest BCUT2D eigenvalue weighted by molar-refractivity contribution is 6.01. The first-order valence-electron chi connectivity index (χ1n) is 12.5. The highest BCUT2D eigenvalue weighted by Crippen LogP contribution is 2.41. The van der Waals surface area contributed by atoms with Crippen molar-refractivity contribution in [3.8, 4) is 17.0 Å². The van der Waals surface area contributed by atoms with Crippen molar-refractivity contribution >= 4 is 27.5 Å². The minimum absolute atomic E-state index is 0.0266. The molecule has 0 bridgehead atoms. The number of anilines is 1.